The molecule has 136 valence electrons. The van der Waals surface area contributed by atoms with E-state index in [1.807, 2.05) is 0 Å². The number of pyridine rings is 1. The van der Waals surface area contributed by atoms with Gasteiger partial charge in [-0.2, -0.15) is 0 Å². The highest BCUT2D eigenvalue weighted by molar-refractivity contribution is 6.33. The maximum absolute atomic E-state index is 13.4. The highest BCUT2D eigenvalue weighted by atomic mass is 35.5. The number of likely N-dealkylation sites (tertiary alicyclic amines) is 1. The number of aromatic nitrogens is 1. The summed E-state index contributed by atoms with van der Waals surface area (Å²) in [7, 11) is 0. The fourth-order valence-electron chi connectivity index (χ4n) is 3.60. The van der Waals surface area contributed by atoms with E-state index in [1.54, 1.807) is 0 Å². The van der Waals surface area contributed by atoms with Gasteiger partial charge >= 0.3 is 5.91 Å². The summed E-state index contributed by atoms with van der Waals surface area (Å²) in [4.78, 5) is 17.7. The summed E-state index contributed by atoms with van der Waals surface area (Å²) in [5.74, 6) is -1.77. The number of carbonyl (C=O) groups excluding carboxylic acids is 1. The van der Waals surface area contributed by atoms with Gasteiger partial charge in [0.15, 0.2) is 5.83 Å². The van der Waals surface area contributed by atoms with Gasteiger partial charge in [0.05, 0.1) is 5.02 Å². The lowest BCUT2D eigenvalue weighted by Crippen LogP contribution is -2.33. The first-order chi connectivity index (χ1) is 12.1. The molecule has 8 heteroatoms. The normalized spacial score (nSPS) is 22.4. The Bertz CT molecular complexity index is 664. The van der Waals surface area contributed by atoms with E-state index in [4.69, 9.17) is 16.8 Å². The molecular weight excluding hydrogens is 347 g/mol. The van der Waals surface area contributed by atoms with Gasteiger partial charge in [0, 0.05) is 31.4 Å². The number of amides is 1. The molecule has 0 bridgehead atoms. The van der Waals surface area contributed by atoms with Crippen molar-refractivity contribution in [1.29, 1.82) is 0 Å². The second-order valence-corrected chi connectivity index (χ2v) is 7.00. The minimum absolute atomic E-state index is 0.295. The Morgan fingerprint density at radius 2 is 2.16 bits per heavy atom. The third kappa shape index (κ3) is 4.48. The zero-order chi connectivity index (χ0) is 17.8. The van der Waals surface area contributed by atoms with E-state index in [0.717, 1.165) is 25.6 Å². The van der Waals surface area contributed by atoms with Crippen LogP contribution in [0.25, 0.3) is 6.08 Å². The van der Waals surface area contributed by atoms with Gasteiger partial charge in [-0.25, -0.2) is 14.9 Å². The molecule has 1 amide bonds. The molecule has 2 aliphatic rings. The Labute approximate surface area is 151 Å². The maximum atomic E-state index is 13.4. The van der Waals surface area contributed by atoms with E-state index in [-0.39, 0.29) is 0 Å². The average molecular weight is 369 g/mol. The summed E-state index contributed by atoms with van der Waals surface area (Å²) in [6.45, 7) is 2.07. The quantitative estimate of drug-likeness (QED) is 0.423. The highest BCUT2D eigenvalue weighted by Crippen LogP contribution is 2.29. The van der Waals surface area contributed by atoms with Gasteiger partial charge < -0.3 is 5.32 Å². The molecule has 2 fully saturated rings. The molecule has 3 N–H and O–H groups in total. The Morgan fingerprint density at radius 1 is 1.40 bits per heavy atom. The summed E-state index contributed by atoms with van der Waals surface area (Å²) in [6, 6.07) is 2.54. The molecule has 25 heavy (non-hydrogen) atoms. The standard InChI is InChI=1S/C17H22ClFN4O2/c18-14-7-11(8-15(19)17(24)22-25)9-20-16(14)21-12-5-6-23(10-12)13-3-1-2-4-13/h7-9,12-13,25H,1-6,10H2,(H,20,21)(H,22,24)/t12-/m1/s1. The Balaban J connectivity index is 1.61. The van der Waals surface area contributed by atoms with E-state index in [0.29, 0.717) is 28.5 Å². The fourth-order valence-corrected chi connectivity index (χ4v) is 3.83. The van der Waals surface area contributed by atoms with Gasteiger partial charge in [-0.05, 0) is 37.0 Å². The number of carbonyl (C=O) groups is 1. The molecule has 1 aliphatic carbocycles. The second kappa shape index (κ2) is 8.12. The first-order valence-corrected chi connectivity index (χ1v) is 8.92. The van der Waals surface area contributed by atoms with Gasteiger partial charge in [-0.3, -0.25) is 14.9 Å². The van der Waals surface area contributed by atoms with Crippen LogP contribution in [-0.2, 0) is 4.79 Å². The molecule has 1 aliphatic heterocycles. The van der Waals surface area contributed by atoms with Crippen molar-refractivity contribution in [1.82, 2.24) is 15.4 Å². The van der Waals surface area contributed by atoms with Gasteiger partial charge in [0.25, 0.3) is 0 Å². The molecule has 6 nitrogen and oxygen atoms in total. The van der Waals surface area contributed by atoms with Crippen LogP contribution in [0, 0.1) is 0 Å². The van der Waals surface area contributed by atoms with Crippen molar-refractivity contribution in [3.63, 3.8) is 0 Å². The van der Waals surface area contributed by atoms with Crippen molar-refractivity contribution in [2.24, 2.45) is 0 Å². The average Bonchev–Trinajstić information content (AvgIpc) is 3.27. The molecule has 1 atom stereocenters. The number of hydrogen-bond acceptors (Lipinski definition) is 5. The molecule has 0 spiro atoms. The molecule has 1 aromatic heterocycles. The van der Waals surface area contributed by atoms with Crippen LogP contribution in [0.5, 0.6) is 0 Å². The lowest BCUT2D eigenvalue weighted by atomic mass is 10.2. The molecule has 1 saturated carbocycles. The first kappa shape index (κ1) is 18.1. The van der Waals surface area contributed by atoms with Gasteiger partial charge in [0.2, 0.25) is 0 Å². The molecule has 3 rings (SSSR count). The van der Waals surface area contributed by atoms with E-state index >= 15 is 0 Å². The van der Waals surface area contributed by atoms with Gasteiger partial charge in [-0.1, -0.05) is 24.4 Å². The third-order valence-corrected chi connectivity index (χ3v) is 5.16. The largest absolute Gasteiger partial charge is 0.365 e. The highest BCUT2D eigenvalue weighted by Gasteiger charge is 2.30. The van der Waals surface area contributed by atoms with Crippen LogP contribution >= 0.6 is 11.6 Å². The fraction of sp³-hybridized carbons (Fsp3) is 0.529. The van der Waals surface area contributed by atoms with E-state index in [9.17, 15) is 9.18 Å². The summed E-state index contributed by atoms with van der Waals surface area (Å²) in [6.07, 6.45) is 8.67. The van der Waals surface area contributed by atoms with E-state index in [2.05, 4.69) is 15.2 Å². The van der Waals surface area contributed by atoms with Crippen LogP contribution < -0.4 is 10.8 Å². The Hall–Kier alpha value is -1.70. The van der Waals surface area contributed by atoms with Crippen LogP contribution in [0.3, 0.4) is 0 Å². The van der Waals surface area contributed by atoms with E-state index in [1.165, 1.54) is 43.4 Å². The number of nitrogens with zero attached hydrogens (tertiary/aromatic N) is 2. The zero-order valence-electron chi connectivity index (χ0n) is 13.8. The SMILES string of the molecule is O=C(NO)C(F)=Cc1cnc(N[C@@H]2CCN(C3CCCC3)C2)c(Cl)c1. The van der Waals surface area contributed by atoms with Crippen LogP contribution in [0.4, 0.5) is 10.2 Å². The number of nitrogens with one attached hydrogen (secondary N) is 2. The summed E-state index contributed by atoms with van der Waals surface area (Å²) < 4.78 is 13.4. The number of anilines is 1. The predicted molar refractivity (Wildman–Crippen MR) is 94.1 cm³/mol. The Kier molecular flexibility index (Phi) is 5.88. The van der Waals surface area contributed by atoms with Crippen molar-refractivity contribution < 1.29 is 14.4 Å². The Morgan fingerprint density at radius 3 is 2.84 bits per heavy atom. The van der Waals surface area contributed by atoms with Crippen molar-refractivity contribution in [2.75, 3.05) is 18.4 Å². The van der Waals surface area contributed by atoms with Crippen molar-refractivity contribution in [2.45, 2.75) is 44.2 Å². The molecule has 0 aromatic carbocycles. The maximum Gasteiger partial charge on any atom is 0.303 e. The third-order valence-electron chi connectivity index (χ3n) is 4.88. The summed E-state index contributed by atoms with van der Waals surface area (Å²) in [5, 5.41) is 12.1. The zero-order valence-corrected chi connectivity index (χ0v) is 14.6. The molecular formula is C17H22ClFN4O2. The van der Waals surface area contributed by atoms with E-state index < -0.39 is 11.7 Å². The van der Waals surface area contributed by atoms with Gasteiger partial charge in [0.1, 0.15) is 5.82 Å². The number of halogens is 2. The second-order valence-electron chi connectivity index (χ2n) is 6.60. The van der Waals surface area contributed by atoms with Crippen LogP contribution in [0.2, 0.25) is 5.02 Å². The summed E-state index contributed by atoms with van der Waals surface area (Å²) >= 11 is 6.23. The minimum Gasteiger partial charge on any atom is -0.365 e. The number of rotatable bonds is 5. The van der Waals surface area contributed by atoms with Crippen LogP contribution in [-0.4, -0.2) is 46.2 Å². The lowest BCUT2D eigenvalue weighted by Gasteiger charge is -2.23. The molecule has 1 aromatic rings. The lowest BCUT2D eigenvalue weighted by molar-refractivity contribution is -0.126. The first-order valence-electron chi connectivity index (χ1n) is 8.54. The molecule has 0 unspecified atom stereocenters. The van der Waals surface area contributed by atoms with Crippen molar-refractivity contribution >= 4 is 29.4 Å². The molecule has 1 saturated heterocycles. The number of hydrogen-bond donors (Lipinski definition) is 3. The number of hydroxylamine groups is 1. The monoisotopic (exact) mass is 368 g/mol. The molecule has 2 heterocycles. The minimum atomic E-state index is -1.21. The van der Waals surface area contributed by atoms with Crippen molar-refractivity contribution in [3.05, 3.63) is 28.7 Å². The van der Waals surface area contributed by atoms with Gasteiger partial charge in [-0.15, -0.1) is 0 Å². The summed E-state index contributed by atoms with van der Waals surface area (Å²) in [5.41, 5.74) is 1.58. The van der Waals surface area contributed by atoms with Crippen LogP contribution in [0.15, 0.2) is 18.1 Å². The smallest absolute Gasteiger partial charge is 0.303 e. The van der Waals surface area contributed by atoms with Crippen molar-refractivity contribution in [3.8, 4) is 0 Å². The molecule has 0 radical (unpaired) electrons. The van der Waals surface area contributed by atoms with Crippen LogP contribution in [0.1, 0.15) is 37.7 Å². The topological polar surface area (TPSA) is 77.5 Å². The predicted octanol–water partition coefficient (Wildman–Crippen LogP) is 2.98.